The van der Waals surface area contributed by atoms with E-state index in [0.29, 0.717) is 16.5 Å². The van der Waals surface area contributed by atoms with Gasteiger partial charge in [-0.05, 0) is 60.3 Å². The van der Waals surface area contributed by atoms with Crippen molar-refractivity contribution in [2.45, 2.75) is 31.9 Å². The maximum atomic E-state index is 12.2. The van der Waals surface area contributed by atoms with Crippen molar-refractivity contribution >= 4 is 40.6 Å². The maximum Gasteiger partial charge on any atom is 0.490 e. The zero-order chi connectivity index (χ0) is 33.1. The topological polar surface area (TPSA) is 134 Å². The number of rotatable bonds is 5. The van der Waals surface area contributed by atoms with Crippen LogP contribution in [0.1, 0.15) is 27.7 Å². The third kappa shape index (κ3) is 11.6. The molecule has 1 aliphatic heterocycles. The van der Waals surface area contributed by atoms with Crippen molar-refractivity contribution in [2.24, 2.45) is 0 Å². The molecule has 0 spiro atoms. The number of piperazine rings is 1. The number of carboxylic acid groups (broad SMARTS) is 2. The molecule has 0 saturated carbocycles. The fourth-order valence-electron chi connectivity index (χ4n) is 3.89. The molecule has 0 aliphatic carbocycles. The Kier molecular flexibility index (Phi) is 12.7. The summed E-state index contributed by atoms with van der Waals surface area (Å²) in [5.41, 5.74) is 3.87. The normalized spacial score (nSPS) is 15.0. The molecule has 236 valence electrons. The number of thiophene rings is 1. The van der Waals surface area contributed by atoms with Crippen molar-refractivity contribution in [1.82, 2.24) is 4.90 Å². The summed E-state index contributed by atoms with van der Waals surface area (Å²) in [5, 5.41) is 28.2. The molecule has 44 heavy (non-hydrogen) atoms. The summed E-state index contributed by atoms with van der Waals surface area (Å²) in [5.74, 6) is -5.58. The third-order valence-electron chi connectivity index (χ3n) is 5.86. The van der Waals surface area contributed by atoms with Crippen LogP contribution in [0.2, 0.25) is 0 Å². The van der Waals surface area contributed by atoms with Gasteiger partial charge in [0.25, 0.3) is 5.91 Å². The van der Waals surface area contributed by atoms with E-state index in [1.807, 2.05) is 47.8 Å². The second-order valence-corrected chi connectivity index (χ2v) is 10.1. The summed E-state index contributed by atoms with van der Waals surface area (Å²) < 4.78 is 63.5. The van der Waals surface area contributed by atoms with Gasteiger partial charge in [-0.1, -0.05) is 18.2 Å². The zero-order valence-electron chi connectivity index (χ0n) is 22.9. The maximum absolute atomic E-state index is 12.2. The first-order valence-electron chi connectivity index (χ1n) is 12.5. The van der Waals surface area contributed by atoms with Crippen LogP contribution in [-0.2, 0) is 16.1 Å². The summed E-state index contributed by atoms with van der Waals surface area (Å²) in [6, 6.07) is 22.2. The number of alkyl halides is 6. The number of nitrogens with one attached hydrogen (secondary N) is 1. The summed E-state index contributed by atoms with van der Waals surface area (Å²) in [6.45, 7) is 5.98. The Bertz CT molecular complexity index is 1420. The average Bonchev–Trinajstić information content (AvgIpc) is 3.49. The number of carboxylic acids is 2. The van der Waals surface area contributed by atoms with Gasteiger partial charge in [0.05, 0.1) is 16.5 Å². The lowest BCUT2D eigenvalue weighted by atomic mass is 10.1. The minimum absolute atomic E-state index is 0.0693. The van der Waals surface area contributed by atoms with Crippen molar-refractivity contribution in [2.75, 3.05) is 29.9 Å². The van der Waals surface area contributed by atoms with Crippen LogP contribution in [0.4, 0.5) is 37.7 Å². The van der Waals surface area contributed by atoms with Crippen molar-refractivity contribution in [3.63, 3.8) is 0 Å². The van der Waals surface area contributed by atoms with Gasteiger partial charge in [-0.3, -0.25) is 9.69 Å². The summed E-state index contributed by atoms with van der Waals surface area (Å²) in [7, 11) is 0. The highest BCUT2D eigenvalue weighted by Crippen LogP contribution is 2.24. The van der Waals surface area contributed by atoms with E-state index in [1.165, 1.54) is 22.6 Å². The lowest BCUT2D eigenvalue weighted by molar-refractivity contribution is -0.193. The van der Waals surface area contributed by atoms with E-state index in [0.717, 1.165) is 31.9 Å². The van der Waals surface area contributed by atoms with Crippen LogP contribution in [0.25, 0.3) is 0 Å². The number of amides is 1. The number of anilines is 2. The SMILES string of the molecule is CC1CN(Cc2cccc(C#N)c2)CCN1c1ccc(NC(=O)c2cccs2)cc1.O=C(O)C(F)(F)F.O=C(O)C(F)(F)F. The van der Waals surface area contributed by atoms with Crippen LogP contribution in [0.5, 0.6) is 0 Å². The summed E-state index contributed by atoms with van der Waals surface area (Å²) in [4.78, 5) is 35.6. The molecule has 1 fully saturated rings. The summed E-state index contributed by atoms with van der Waals surface area (Å²) in [6.07, 6.45) is -10.2. The third-order valence-corrected chi connectivity index (χ3v) is 6.73. The molecule has 1 atom stereocenters. The number of nitrogens with zero attached hydrogens (tertiary/aromatic N) is 3. The van der Waals surface area contributed by atoms with E-state index < -0.39 is 24.3 Å². The molecule has 4 rings (SSSR count). The molecule has 1 amide bonds. The summed E-state index contributed by atoms with van der Waals surface area (Å²) >= 11 is 1.44. The van der Waals surface area contributed by atoms with Gasteiger partial charge in [0.2, 0.25) is 0 Å². The second-order valence-electron chi connectivity index (χ2n) is 9.17. The Balaban J connectivity index is 0.000000402. The monoisotopic (exact) mass is 644 g/mol. The predicted octanol–water partition coefficient (Wildman–Crippen LogP) is 5.85. The van der Waals surface area contributed by atoms with Crippen LogP contribution in [0.3, 0.4) is 0 Å². The Morgan fingerprint density at radius 3 is 2.02 bits per heavy atom. The minimum atomic E-state index is -5.08. The van der Waals surface area contributed by atoms with E-state index in [1.54, 1.807) is 0 Å². The molecule has 2 aromatic carbocycles. The molecule has 2 heterocycles. The molecule has 0 bridgehead atoms. The molecular weight excluding hydrogens is 618 g/mol. The minimum Gasteiger partial charge on any atom is -0.475 e. The van der Waals surface area contributed by atoms with Gasteiger partial charge in [0, 0.05) is 43.6 Å². The van der Waals surface area contributed by atoms with Gasteiger partial charge in [-0.2, -0.15) is 31.6 Å². The molecule has 3 aromatic rings. The lowest BCUT2D eigenvalue weighted by Crippen LogP contribution is -2.51. The Morgan fingerprint density at radius 2 is 1.55 bits per heavy atom. The first kappa shape index (κ1) is 35.6. The average molecular weight is 645 g/mol. The Hall–Kier alpha value is -4.62. The van der Waals surface area contributed by atoms with Crippen molar-refractivity contribution in [3.8, 4) is 6.07 Å². The van der Waals surface area contributed by atoms with Crippen LogP contribution >= 0.6 is 11.3 Å². The number of carbonyl (C=O) groups excluding carboxylic acids is 1. The van der Waals surface area contributed by atoms with Gasteiger partial charge >= 0.3 is 24.3 Å². The van der Waals surface area contributed by atoms with Gasteiger partial charge in [-0.25, -0.2) is 9.59 Å². The van der Waals surface area contributed by atoms with Crippen LogP contribution < -0.4 is 10.2 Å². The molecule has 0 radical (unpaired) electrons. The number of halogens is 6. The highest BCUT2D eigenvalue weighted by molar-refractivity contribution is 7.12. The van der Waals surface area contributed by atoms with Crippen LogP contribution in [0, 0.1) is 11.3 Å². The van der Waals surface area contributed by atoms with Crippen molar-refractivity contribution in [1.29, 1.82) is 5.26 Å². The Morgan fingerprint density at radius 1 is 0.955 bits per heavy atom. The predicted molar refractivity (Wildman–Crippen MR) is 149 cm³/mol. The number of aliphatic carboxylic acids is 2. The highest BCUT2D eigenvalue weighted by Gasteiger charge is 2.38. The largest absolute Gasteiger partial charge is 0.490 e. The van der Waals surface area contributed by atoms with Gasteiger partial charge in [0.1, 0.15) is 0 Å². The van der Waals surface area contributed by atoms with E-state index in [-0.39, 0.29) is 5.91 Å². The molecule has 3 N–H and O–H groups in total. The number of hydrogen-bond donors (Lipinski definition) is 3. The van der Waals surface area contributed by atoms with Crippen LogP contribution in [-0.4, -0.2) is 71.0 Å². The zero-order valence-corrected chi connectivity index (χ0v) is 23.7. The number of hydrogen-bond acceptors (Lipinski definition) is 7. The van der Waals surface area contributed by atoms with Gasteiger partial charge in [0.15, 0.2) is 0 Å². The number of benzene rings is 2. The van der Waals surface area contributed by atoms with Crippen molar-refractivity contribution in [3.05, 3.63) is 82.0 Å². The van der Waals surface area contributed by atoms with Crippen molar-refractivity contribution < 1.29 is 50.9 Å². The molecule has 9 nitrogen and oxygen atoms in total. The molecule has 1 aromatic heterocycles. The van der Waals surface area contributed by atoms with Gasteiger partial charge < -0.3 is 20.4 Å². The first-order valence-corrected chi connectivity index (χ1v) is 13.4. The highest BCUT2D eigenvalue weighted by atomic mass is 32.1. The number of nitriles is 1. The van der Waals surface area contributed by atoms with E-state index in [9.17, 15) is 31.1 Å². The quantitative estimate of drug-likeness (QED) is 0.295. The molecular formula is C28H26F6N4O5S. The fourth-order valence-corrected chi connectivity index (χ4v) is 4.51. The lowest BCUT2D eigenvalue weighted by Gasteiger charge is -2.41. The fraction of sp³-hybridized carbons (Fsp3) is 0.286. The number of carbonyl (C=O) groups is 3. The second kappa shape index (κ2) is 15.7. The van der Waals surface area contributed by atoms with E-state index in [2.05, 4.69) is 46.3 Å². The van der Waals surface area contributed by atoms with E-state index in [4.69, 9.17) is 25.1 Å². The molecule has 16 heteroatoms. The van der Waals surface area contributed by atoms with E-state index >= 15 is 0 Å². The molecule has 1 saturated heterocycles. The smallest absolute Gasteiger partial charge is 0.475 e. The van der Waals surface area contributed by atoms with Gasteiger partial charge in [-0.15, -0.1) is 11.3 Å². The standard InChI is InChI=1S/C24H24N4OS.2C2HF3O2/c1-18-16-27(17-20-5-2-4-19(14-20)15-25)11-12-28(18)22-9-7-21(8-10-22)26-24(29)23-6-3-13-30-23;2*3-2(4,5)1(6)7/h2-10,13-14,18H,11-12,16-17H2,1H3,(H,26,29);2*(H,6,7). The van der Waals surface area contributed by atoms with Crippen LogP contribution in [0.15, 0.2) is 66.0 Å². The molecule has 1 aliphatic rings. The Labute approximate surface area is 251 Å². The first-order chi connectivity index (χ1) is 20.5. The molecule has 1 unspecified atom stereocenters.